The third kappa shape index (κ3) is 5.12. The van der Waals surface area contributed by atoms with Gasteiger partial charge in [0.1, 0.15) is 0 Å². The van der Waals surface area contributed by atoms with Crippen molar-refractivity contribution in [2.24, 2.45) is 0 Å². The van der Waals surface area contributed by atoms with E-state index in [9.17, 15) is 13.2 Å². The van der Waals surface area contributed by atoms with Crippen LogP contribution in [0.1, 0.15) is 42.8 Å². The summed E-state index contributed by atoms with van der Waals surface area (Å²) in [5, 5.41) is 5.09. The fraction of sp³-hybridized carbons (Fsp3) is 0.450. The molecule has 0 saturated carbocycles. The van der Waals surface area contributed by atoms with E-state index in [4.69, 9.17) is 0 Å². The Kier molecular flexibility index (Phi) is 8.10. The van der Waals surface area contributed by atoms with E-state index in [0.29, 0.717) is 26.2 Å². The molecule has 1 aliphatic rings. The molecule has 1 aliphatic heterocycles. The second-order valence-corrected chi connectivity index (χ2v) is 9.81. The van der Waals surface area contributed by atoms with Crippen LogP contribution in [0.4, 0.5) is 4.79 Å². The Bertz CT molecular complexity index is 925. The quantitative estimate of drug-likeness (QED) is 0.711. The second-order valence-electron chi connectivity index (χ2n) is 6.87. The average Bonchev–Trinajstić information content (AvgIpc) is 3.16. The number of carbonyl (C=O) groups excluding carboxylic acids is 1. The van der Waals surface area contributed by atoms with E-state index in [1.807, 2.05) is 25.7 Å². The third-order valence-electron chi connectivity index (χ3n) is 5.16. The number of benzene rings is 1. The van der Waals surface area contributed by atoms with Crippen LogP contribution in [0, 0.1) is 0 Å². The van der Waals surface area contributed by atoms with Gasteiger partial charge in [-0.05, 0) is 48.1 Å². The van der Waals surface area contributed by atoms with Crippen LogP contribution < -0.4 is 5.32 Å². The highest BCUT2D eigenvalue weighted by molar-refractivity contribution is 7.89. The third-order valence-corrected chi connectivity index (χ3v) is 8.25. The van der Waals surface area contributed by atoms with Crippen molar-refractivity contribution in [1.82, 2.24) is 14.5 Å². The van der Waals surface area contributed by atoms with Crippen molar-refractivity contribution in [3.63, 3.8) is 0 Å². The summed E-state index contributed by atoms with van der Waals surface area (Å²) in [6, 6.07) is 8.56. The molecular weight excluding hydrogens is 430 g/mol. The van der Waals surface area contributed by atoms with Gasteiger partial charge in [-0.25, -0.2) is 13.2 Å². The Morgan fingerprint density at radius 2 is 1.86 bits per heavy atom. The average molecular weight is 458 g/mol. The molecule has 9 heteroatoms. The summed E-state index contributed by atoms with van der Waals surface area (Å²) >= 11 is 1.75. The first kappa shape index (κ1) is 23.7. The van der Waals surface area contributed by atoms with Gasteiger partial charge in [0.15, 0.2) is 0 Å². The molecule has 2 aromatic rings. The van der Waals surface area contributed by atoms with Crippen LogP contribution in [-0.4, -0.2) is 43.3 Å². The molecular formula is C20H28ClN3O3S2. The molecule has 0 saturated heterocycles. The van der Waals surface area contributed by atoms with Gasteiger partial charge in [0, 0.05) is 31.1 Å². The van der Waals surface area contributed by atoms with E-state index >= 15 is 0 Å². The first-order chi connectivity index (χ1) is 13.4. The smallest absolute Gasteiger partial charge is 0.318 e. The maximum Gasteiger partial charge on any atom is 0.318 e. The topological polar surface area (TPSA) is 69.7 Å². The lowest BCUT2D eigenvalue weighted by Crippen LogP contribution is -2.43. The highest BCUT2D eigenvalue weighted by atomic mass is 35.5. The molecule has 29 heavy (non-hydrogen) atoms. The molecule has 0 radical (unpaired) electrons. The largest absolute Gasteiger partial charge is 0.331 e. The summed E-state index contributed by atoms with van der Waals surface area (Å²) in [5.41, 5.74) is 2.10. The minimum absolute atomic E-state index is 0. The molecule has 2 amide bonds. The van der Waals surface area contributed by atoms with E-state index in [2.05, 4.69) is 16.8 Å². The maximum atomic E-state index is 12.6. The molecule has 0 bridgehead atoms. The lowest BCUT2D eigenvalue weighted by Gasteiger charge is -2.28. The number of rotatable bonds is 6. The summed E-state index contributed by atoms with van der Waals surface area (Å²) in [6.07, 6.45) is 0.896. The van der Waals surface area contributed by atoms with Crippen molar-refractivity contribution in [2.45, 2.75) is 44.7 Å². The van der Waals surface area contributed by atoms with Crippen LogP contribution in [0.5, 0.6) is 0 Å². The molecule has 1 atom stereocenters. The van der Waals surface area contributed by atoms with Crippen molar-refractivity contribution in [2.75, 3.05) is 19.6 Å². The number of hydrogen-bond acceptors (Lipinski definition) is 4. The van der Waals surface area contributed by atoms with Crippen molar-refractivity contribution in [3.8, 4) is 0 Å². The van der Waals surface area contributed by atoms with Gasteiger partial charge < -0.3 is 10.2 Å². The zero-order chi connectivity index (χ0) is 20.3. The summed E-state index contributed by atoms with van der Waals surface area (Å²) in [6.45, 7) is 7.79. The van der Waals surface area contributed by atoms with Crippen LogP contribution in [0.2, 0.25) is 0 Å². The van der Waals surface area contributed by atoms with Crippen LogP contribution in [0.15, 0.2) is 40.6 Å². The van der Waals surface area contributed by atoms with Gasteiger partial charge >= 0.3 is 6.03 Å². The Morgan fingerprint density at radius 1 is 1.21 bits per heavy atom. The first-order valence-corrected chi connectivity index (χ1v) is 11.9. The normalized spacial score (nSPS) is 14.8. The predicted octanol–water partition coefficient (Wildman–Crippen LogP) is 4.03. The Morgan fingerprint density at radius 3 is 2.48 bits per heavy atom. The lowest BCUT2D eigenvalue weighted by molar-refractivity contribution is 0.189. The summed E-state index contributed by atoms with van der Waals surface area (Å²) in [4.78, 5) is 16.1. The Hall–Kier alpha value is -1.61. The van der Waals surface area contributed by atoms with E-state index in [-0.39, 0.29) is 29.4 Å². The molecule has 1 aromatic heterocycles. The monoisotopic (exact) mass is 457 g/mol. The number of nitrogens with one attached hydrogen (secondary N) is 1. The summed E-state index contributed by atoms with van der Waals surface area (Å²) in [7, 11) is -3.47. The molecule has 0 fully saturated rings. The minimum atomic E-state index is -3.47. The number of nitrogens with zero attached hydrogens (tertiary/aromatic N) is 2. The number of carbonyl (C=O) groups is 1. The van der Waals surface area contributed by atoms with Gasteiger partial charge in [0.25, 0.3) is 0 Å². The molecule has 160 valence electrons. The van der Waals surface area contributed by atoms with Crippen LogP contribution in [-0.2, 0) is 23.0 Å². The van der Waals surface area contributed by atoms with Gasteiger partial charge in [0.2, 0.25) is 10.0 Å². The fourth-order valence-corrected chi connectivity index (χ4v) is 5.77. The summed E-state index contributed by atoms with van der Waals surface area (Å²) < 4.78 is 26.6. The number of amides is 2. The highest BCUT2D eigenvalue weighted by Crippen LogP contribution is 2.25. The highest BCUT2D eigenvalue weighted by Gasteiger charge is 2.24. The zero-order valence-electron chi connectivity index (χ0n) is 16.9. The van der Waals surface area contributed by atoms with Gasteiger partial charge in [-0.3, -0.25) is 0 Å². The van der Waals surface area contributed by atoms with Gasteiger partial charge in [-0.1, -0.05) is 26.0 Å². The lowest BCUT2D eigenvalue weighted by atomic mass is 10.1. The fourth-order valence-electron chi connectivity index (χ4n) is 3.42. The van der Waals surface area contributed by atoms with Crippen LogP contribution in [0.3, 0.4) is 0 Å². The molecule has 2 heterocycles. The minimum Gasteiger partial charge on any atom is -0.331 e. The molecule has 1 unspecified atom stereocenters. The predicted molar refractivity (Wildman–Crippen MR) is 119 cm³/mol. The van der Waals surface area contributed by atoms with Crippen LogP contribution >= 0.6 is 23.7 Å². The molecule has 6 nitrogen and oxygen atoms in total. The zero-order valence-corrected chi connectivity index (χ0v) is 19.4. The van der Waals surface area contributed by atoms with E-state index in [1.165, 1.54) is 14.7 Å². The van der Waals surface area contributed by atoms with E-state index in [0.717, 1.165) is 12.0 Å². The molecule has 0 aliphatic carbocycles. The SMILES string of the molecule is CCN(CC)S(=O)(=O)c1ccc(C(C)NC(=O)N2CCc3sccc3C2)cc1.Cl. The van der Waals surface area contributed by atoms with Crippen molar-refractivity contribution >= 4 is 39.8 Å². The maximum absolute atomic E-state index is 12.6. The Balaban J connectivity index is 0.00000300. The number of fused-ring (bicyclic) bond motifs is 1. The first-order valence-electron chi connectivity index (χ1n) is 9.57. The van der Waals surface area contributed by atoms with E-state index < -0.39 is 10.0 Å². The van der Waals surface area contributed by atoms with E-state index in [1.54, 1.807) is 35.6 Å². The van der Waals surface area contributed by atoms with Crippen molar-refractivity contribution in [3.05, 3.63) is 51.7 Å². The molecule has 0 spiro atoms. The van der Waals surface area contributed by atoms with Crippen molar-refractivity contribution in [1.29, 1.82) is 0 Å². The standard InChI is InChI=1S/C20H27N3O3S2.ClH/c1-4-23(5-2)28(25,26)18-8-6-16(7-9-18)15(3)21-20(24)22-12-10-19-17(14-22)11-13-27-19;/h6-9,11,13,15H,4-5,10,12,14H2,1-3H3,(H,21,24);1H. The molecule has 1 N–H and O–H groups in total. The molecule has 1 aromatic carbocycles. The Labute approximate surface area is 183 Å². The van der Waals surface area contributed by atoms with Gasteiger partial charge in [0.05, 0.1) is 10.9 Å². The van der Waals surface area contributed by atoms with Crippen LogP contribution in [0.25, 0.3) is 0 Å². The second kappa shape index (κ2) is 9.93. The number of urea groups is 1. The number of thiophene rings is 1. The molecule has 3 rings (SSSR count). The number of hydrogen-bond donors (Lipinski definition) is 1. The van der Waals surface area contributed by atoms with Gasteiger partial charge in [-0.2, -0.15) is 4.31 Å². The number of halogens is 1. The van der Waals surface area contributed by atoms with Gasteiger partial charge in [-0.15, -0.1) is 23.7 Å². The van der Waals surface area contributed by atoms with Crippen molar-refractivity contribution < 1.29 is 13.2 Å². The number of sulfonamides is 1. The summed E-state index contributed by atoms with van der Waals surface area (Å²) in [5.74, 6) is 0.